The lowest BCUT2D eigenvalue weighted by Gasteiger charge is -2.24. The summed E-state index contributed by atoms with van der Waals surface area (Å²) in [5.41, 5.74) is 2.63. The van der Waals surface area contributed by atoms with Crippen molar-refractivity contribution in [1.29, 1.82) is 0 Å². The first-order chi connectivity index (χ1) is 18.2. The SMILES string of the molecule is CCOC(=O)C1=C(C)N=c2s/c(=C/c3ccc(Sc4nc(C)cc(C)n4)o3)c(=O)n2[C@@H]1c1ccc(F)cc1. The van der Waals surface area contributed by atoms with Crippen LogP contribution in [0.4, 0.5) is 4.39 Å². The van der Waals surface area contributed by atoms with Gasteiger partial charge in [-0.25, -0.2) is 24.1 Å². The van der Waals surface area contributed by atoms with Gasteiger partial charge in [0.05, 0.1) is 28.5 Å². The smallest absolute Gasteiger partial charge is 0.338 e. The number of benzene rings is 1. The maximum absolute atomic E-state index is 13.7. The quantitative estimate of drug-likeness (QED) is 0.263. The van der Waals surface area contributed by atoms with Crippen molar-refractivity contribution in [3.8, 4) is 0 Å². The molecule has 0 spiro atoms. The molecule has 0 N–H and O–H groups in total. The second-order valence-corrected chi connectivity index (χ2v) is 10.5. The Morgan fingerprint density at radius 2 is 1.87 bits per heavy atom. The summed E-state index contributed by atoms with van der Waals surface area (Å²) in [5, 5.41) is 1.16. The fraction of sp³-hybridized carbons (Fsp3) is 0.222. The molecule has 1 atom stereocenters. The van der Waals surface area contributed by atoms with E-state index in [-0.39, 0.29) is 17.7 Å². The normalized spacial score (nSPS) is 15.4. The lowest BCUT2D eigenvalue weighted by molar-refractivity contribution is -0.139. The Balaban J connectivity index is 1.56. The van der Waals surface area contributed by atoms with Crippen molar-refractivity contribution < 1.29 is 18.3 Å². The number of carbonyl (C=O) groups is 1. The summed E-state index contributed by atoms with van der Waals surface area (Å²) in [5.74, 6) is -0.516. The van der Waals surface area contributed by atoms with Crippen molar-refractivity contribution >= 4 is 35.1 Å². The Labute approximate surface area is 225 Å². The van der Waals surface area contributed by atoms with Crippen molar-refractivity contribution in [1.82, 2.24) is 14.5 Å². The minimum Gasteiger partial charge on any atom is -0.463 e. The van der Waals surface area contributed by atoms with Crippen LogP contribution in [0.2, 0.25) is 0 Å². The van der Waals surface area contributed by atoms with Gasteiger partial charge in [0.2, 0.25) is 0 Å². The van der Waals surface area contributed by atoms with Crippen LogP contribution < -0.4 is 14.9 Å². The summed E-state index contributed by atoms with van der Waals surface area (Å²) in [4.78, 5) is 40.3. The molecule has 0 saturated heterocycles. The number of hydrogen-bond donors (Lipinski definition) is 0. The molecule has 0 fully saturated rings. The molecule has 38 heavy (non-hydrogen) atoms. The fourth-order valence-corrected chi connectivity index (χ4v) is 6.04. The molecule has 1 aliphatic rings. The number of ether oxygens (including phenoxy) is 1. The van der Waals surface area contributed by atoms with E-state index >= 15 is 0 Å². The van der Waals surface area contributed by atoms with Crippen LogP contribution in [0.1, 0.15) is 42.6 Å². The van der Waals surface area contributed by atoms with E-state index < -0.39 is 17.8 Å². The molecule has 0 bridgehead atoms. The van der Waals surface area contributed by atoms with Crippen molar-refractivity contribution in [2.45, 2.75) is 44.0 Å². The number of thiazole rings is 1. The number of allylic oxidation sites excluding steroid dienone is 1. The Morgan fingerprint density at radius 3 is 2.55 bits per heavy atom. The van der Waals surface area contributed by atoms with Crippen molar-refractivity contribution in [2.75, 3.05) is 6.61 Å². The van der Waals surface area contributed by atoms with E-state index in [1.807, 2.05) is 19.9 Å². The molecule has 1 aromatic carbocycles. The van der Waals surface area contributed by atoms with Gasteiger partial charge in [0.15, 0.2) is 15.1 Å². The maximum atomic E-state index is 13.7. The van der Waals surface area contributed by atoms with Crippen LogP contribution in [-0.2, 0) is 9.53 Å². The molecule has 4 aromatic rings. The highest BCUT2D eigenvalue weighted by atomic mass is 32.2. The van der Waals surface area contributed by atoms with Crippen LogP contribution >= 0.6 is 23.1 Å². The van der Waals surface area contributed by atoms with Gasteiger partial charge in [0.1, 0.15) is 11.6 Å². The lowest BCUT2D eigenvalue weighted by Crippen LogP contribution is -2.39. The van der Waals surface area contributed by atoms with E-state index in [1.165, 1.54) is 39.8 Å². The third-order valence-electron chi connectivity index (χ3n) is 5.73. The first-order valence-corrected chi connectivity index (χ1v) is 13.4. The fourth-order valence-electron chi connectivity index (χ4n) is 4.18. The number of esters is 1. The Kier molecular flexibility index (Phi) is 7.13. The highest BCUT2D eigenvalue weighted by Crippen LogP contribution is 2.31. The lowest BCUT2D eigenvalue weighted by atomic mass is 9.96. The molecule has 0 unspecified atom stereocenters. The summed E-state index contributed by atoms with van der Waals surface area (Å²) >= 11 is 2.47. The number of carbonyl (C=O) groups excluding carboxylic acids is 1. The number of furan rings is 1. The molecule has 11 heteroatoms. The van der Waals surface area contributed by atoms with Crippen molar-refractivity contribution in [2.24, 2.45) is 4.99 Å². The predicted octanol–water partition coefficient (Wildman–Crippen LogP) is 4.09. The van der Waals surface area contributed by atoms with Crippen LogP contribution in [0.3, 0.4) is 0 Å². The van der Waals surface area contributed by atoms with Gasteiger partial charge in [-0.2, -0.15) is 0 Å². The number of fused-ring (bicyclic) bond motifs is 1. The standard InChI is InChI=1S/C27H23FN4O4S2/c1-5-35-25(34)22-16(4)31-27-32(23(22)17-6-8-18(28)9-7-17)24(33)20(37-27)13-19-10-11-21(36-19)38-26-29-14(2)12-15(3)30-26/h6-13,23H,5H2,1-4H3/b20-13+/t23-/m1/s1. The van der Waals surface area contributed by atoms with Crippen LogP contribution in [0.25, 0.3) is 6.08 Å². The van der Waals surface area contributed by atoms with Crippen LogP contribution in [0, 0.1) is 19.7 Å². The predicted molar refractivity (Wildman–Crippen MR) is 141 cm³/mol. The van der Waals surface area contributed by atoms with Gasteiger partial charge in [0, 0.05) is 17.5 Å². The highest BCUT2D eigenvalue weighted by molar-refractivity contribution is 7.99. The largest absolute Gasteiger partial charge is 0.463 e. The van der Waals surface area contributed by atoms with Gasteiger partial charge in [-0.15, -0.1) is 0 Å². The summed E-state index contributed by atoms with van der Waals surface area (Å²) in [7, 11) is 0. The second kappa shape index (κ2) is 10.5. The van der Waals surface area contributed by atoms with Gasteiger partial charge in [-0.05, 0) is 75.4 Å². The van der Waals surface area contributed by atoms with Gasteiger partial charge < -0.3 is 9.15 Å². The zero-order valence-corrected chi connectivity index (χ0v) is 22.7. The van der Waals surface area contributed by atoms with E-state index in [9.17, 15) is 14.0 Å². The average molecular weight is 551 g/mol. The Bertz CT molecular complexity index is 1730. The number of aryl methyl sites for hydroxylation is 2. The minimum atomic E-state index is -0.808. The molecule has 0 amide bonds. The van der Waals surface area contributed by atoms with Crippen molar-refractivity contribution in [3.63, 3.8) is 0 Å². The molecule has 194 valence electrons. The number of aromatic nitrogens is 3. The molecule has 3 aromatic heterocycles. The maximum Gasteiger partial charge on any atom is 0.338 e. The molecule has 1 aliphatic heterocycles. The van der Waals surface area contributed by atoms with E-state index in [4.69, 9.17) is 9.15 Å². The highest BCUT2D eigenvalue weighted by Gasteiger charge is 2.33. The molecular formula is C27H23FN4O4S2. The second-order valence-electron chi connectivity index (χ2n) is 8.55. The molecule has 8 nitrogen and oxygen atoms in total. The van der Waals surface area contributed by atoms with E-state index in [1.54, 1.807) is 44.2 Å². The third-order valence-corrected chi connectivity index (χ3v) is 7.50. The molecule has 4 heterocycles. The first kappa shape index (κ1) is 25.8. The first-order valence-electron chi connectivity index (χ1n) is 11.8. The molecule has 5 rings (SSSR count). The zero-order chi connectivity index (χ0) is 27.0. The van der Waals surface area contributed by atoms with Crippen LogP contribution in [0.15, 0.2) is 78.2 Å². The zero-order valence-electron chi connectivity index (χ0n) is 21.0. The average Bonchev–Trinajstić information content (AvgIpc) is 3.41. The summed E-state index contributed by atoms with van der Waals surface area (Å²) in [6.45, 7) is 7.38. The van der Waals surface area contributed by atoms with Crippen molar-refractivity contribution in [3.05, 3.63) is 102 Å². The van der Waals surface area contributed by atoms with Crippen LogP contribution in [0.5, 0.6) is 0 Å². The Morgan fingerprint density at radius 1 is 1.16 bits per heavy atom. The Hall–Kier alpha value is -3.83. The van der Waals surface area contributed by atoms with Gasteiger partial charge >= 0.3 is 5.97 Å². The number of rotatable bonds is 6. The monoisotopic (exact) mass is 550 g/mol. The molecule has 0 aliphatic carbocycles. The topological polar surface area (TPSA) is 99.6 Å². The van der Waals surface area contributed by atoms with E-state index in [2.05, 4.69) is 15.0 Å². The number of hydrogen-bond acceptors (Lipinski definition) is 9. The van der Waals surface area contributed by atoms with E-state index in [0.717, 1.165) is 11.4 Å². The number of halogens is 1. The summed E-state index contributed by atoms with van der Waals surface area (Å²) < 4.78 is 26.7. The van der Waals surface area contributed by atoms with Gasteiger partial charge in [-0.1, -0.05) is 23.5 Å². The third kappa shape index (κ3) is 5.11. The summed E-state index contributed by atoms with van der Waals surface area (Å²) in [6.07, 6.45) is 1.64. The van der Waals surface area contributed by atoms with Gasteiger partial charge in [0.25, 0.3) is 5.56 Å². The van der Waals surface area contributed by atoms with Gasteiger partial charge in [-0.3, -0.25) is 9.36 Å². The molecule has 0 radical (unpaired) electrons. The molecular weight excluding hydrogens is 527 g/mol. The summed E-state index contributed by atoms with van der Waals surface area (Å²) in [6, 6.07) is 10.3. The minimum absolute atomic E-state index is 0.169. The van der Waals surface area contributed by atoms with Crippen LogP contribution in [-0.4, -0.2) is 27.1 Å². The van der Waals surface area contributed by atoms with E-state index in [0.29, 0.717) is 36.6 Å². The number of nitrogens with zero attached hydrogens (tertiary/aromatic N) is 4. The molecule has 0 saturated carbocycles.